The summed E-state index contributed by atoms with van der Waals surface area (Å²) in [6.45, 7) is 1.69. The Hall–Kier alpha value is -2.09. The summed E-state index contributed by atoms with van der Waals surface area (Å²) in [6.07, 6.45) is 1.28. The van der Waals surface area contributed by atoms with Crippen LogP contribution >= 0.6 is 11.6 Å². The van der Waals surface area contributed by atoms with E-state index in [1.165, 1.54) is 6.07 Å². The van der Waals surface area contributed by atoms with Gasteiger partial charge in [0.2, 0.25) is 0 Å². The van der Waals surface area contributed by atoms with Crippen LogP contribution in [0.2, 0.25) is 5.02 Å². The van der Waals surface area contributed by atoms with E-state index in [0.717, 1.165) is 11.3 Å². The molecule has 2 heterocycles. The highest BCUT2D eigenvalue weighted by molar-refractivity contribution is 6.30. The van der Waals surface area contributed by atoms with Gasteiger partial charge in [0, 0.05) is 13.1 Å². The maximum absolute atomic E-state index is 13.4. The Kier molecular flexibility index (Phi) is 6.36. The maximum atomic E-state index is 13.4. The first-order valence-corrected chi connectivity index (χ1v) is 9.12. The molecule has 2 atom stereocenters. The van der Waals surface area contributed by atoms with Crippen LogP contribution in [0.15, 0.2) is 41.0 Å². The number of carbonyl (C=O) groups is 1. The van der Waals surface area contributed by atoms with Crippen LogP contribution < -0.4 is 5.32 Å². The van der Waals surface area contributed by atoms with Crippen molar-refractivity contribution in [2.75, 3.05) is 40.3 Å². The quantitative estimate of drug-likeness (QED) is 0.842. The number of hydrogen-bond acceptors (Lipinski definition) is 4. The number of nitrogens with one attached hydrogen (secondary N) is 1. The zero-order chi connectivity index (χ0) is 19.4. The number of hydrogen-bond donors (Lipinski definition) is 1. The number of amides is 2. The molecule has 1 N–H and O–H groups in total. The highest BCUT2D eigenvalue weighted by atomic mass is 35.5. The standard InChI is InChI=1S/C19H23ClFN3O3/c1-23(2)16(17-4-3-8-26-17)11-22-19(25)24-7-9-27-18(12-24)13-5-6-15(21)14(20)10-13/h3-6,8,10,16,18H,7,9,11-12H2,1-2H3,(H,22,25)/t16-,18-/m1/s1. The first-order valence-electron chi connectivity index (χ1n) is 8.75. The van der Waals surface area contributed by atoms with E-state index in [-0.39, 0.29) is 23.2 Å². The first kappa shape index (κ1) is 19.7. The molecule has 2 aromatic rings. The molecule has 1 aromatic heterocycles. The normalized spacial score (nSPS) is 18.6. The summed E-state index contributed by atoms with van der Waals surface area (Å²) in [4.78, 5) is 16.3. The van der Waals surface area contributed by atoms with E-state index in [2.05, 4.69) is 5.32 Å². The molecule has 1 fully saturated rings. The van der Waals surface area contributed by atoms with Gasteiger partial charge in [-0.25, -0.2) is 9.18 Å². The van der Waals surface area contributed by atoms with Crippen molar-refractivity contribution < 1.29 is 18.3 Å². The Labute approximate surface area is 162 Å². The summed E-state index contributed by atoms with van der Waals surface area (Å²) in [7, 11) is 3.87. The molecule has 0 spiro atoms. The summed E-state index contributed by atoms with van der Waals surface area (Å²) in [6, 6.07) is 7.97. The van der Waals surface area contributed by atoms with Gasteiger partial charge in [-0.3, -0.25) is 4.90 Å². The molecule has 3 rings (SSSR count). The van der Waals surface area contributed by atoms with Crippen LogP contribution in [0.4, 0.5) is 9.18 Å². The Morgan fingerprint density at radius 1 is 1.44 bits per heavy atom. The third-order valence-corrected chi connectivity index (χ3v) is 4.90. The average Bonchev–Trinajstić information content (AvgIpc) is 3.18. The van der Waals surface area contributed by atoms with E-state index in [9.17, 15) is 9.18 Å². The molecule has 1 saturated heterocycles. The zero-order valence-corrected chi connectivity index (χ0v) is 16.1. The Balaban J connectivity index is 1.60. The molecule has 1 aliphatic heterocycles. The van der Waals surface area contributed by atoms with E-state index < -0.39 is 5.82 Å². The minimum Gasteiger partial charge on any atom is -0.468 e. The summed E-state index contributed by atoms with van der Waals surface area (Å²) >= 11 is 5.86. The SMILES string of the molecule is CN(C)[C@H](CNC(=O)N1CCO[C@@H](c2ccc(F)c(Cl)c2)C1)c1ccco1. The number of urea groups is 1. The molecule has 6 nitrogen and oxygen atoms in total. The Morgan fingerprint density at radius 2 is 2.26 bits per heavy atom. The van der Waals surface area contributed by atoms with E-state index in [0.29, 0.717) is 26.2 Å². The lowest BCUT2D eigenvalue weighted by Crippen LogP contribution is -2.48. The molecule has 0 saturated carbocycles. The van der Waals surface area contributed by atoms with Crippen molar-refractivity contribution in [1.29, 1.82) is 0 Å². The largest absolute Gasteiger partial charge is 0.468 e. The van der Waals surface area contributed by atoms with Crippen molar-refractivity contribution in [3.8, 4) is 0 Å². The third-order valence-electron chi connectivity index (χ3n) is 4.61. The van der Waals surface area contributed by atoms with Gasteiger partial charge in [-0.1, -0.05) is 17.7 Å². The number of furan rings is 1. The van der Waals surface area contributed by atoms with Gasteiger partial charge in [0.05, 0.1) is 30.5 Å². The molecule has 0 bridgehead atoms. The van der Waals surface area contributed by atoms with Gasteiger partial charge in [-0.05, 0) is 43.9 Å². The maximum Gasteiger partial charge on any atom is 0.317 e. The second kappa shape index (κ2) is 8.73. The highest BCUT2D eigenvalue weighted by Gasteiger charge is 2.27. The average molecular weight is 396 g/mol. The van der Waals surface area contributed by atoms with E-state index in [4.69, 9.17) is 20.8 Å². The van der Waals surface area contributed by atoms with Gasteiger partial charge in [-0.2, -0.15) is 0 Å². The molecule has 1 aromatic carbocycles. The van der Waals surface area contributed by atoms with Crippen molar-refractivity contribution >= 4 is 17.6 Å². The minimum atomic E-state index is -0.474. The van der Waals surface area contributed by atoms with Crippen molar-refractivity contribution in [3.05, 3.63) is 58.8 Å². The lowest BCUT2D eigenvalue weighted by molar-refractivity contribution is -0.0156. The van der Waals surface area contributed by atoms with Crippen LogP contribution in [-0.4, -0.2) is 56.2 Å². The summed E-state index contributed by atoms with van der Waals surface area (Å²) in [5.74, 6) is 0.319. The van der Waals surface area contributed by atoms with Crippen LogP contribution in [0.5, 0.6) is 0 Å². The van der Waals surface area contributed by atoms with Gasteiger partial charge >= 0.3 is 6.03 Å². The summed E-state index contributed by atoms with van der Waals surface area (Å²) < 4.78 is 24.6. The topological polar surface area (TPSA) is 58.0 Å². The van der Waals surface area contributed by atoms with Gasteiger partial charge in [0.25, 0.3) is 0 Å². The lowest BCUT2D eigenvalue weighted by atomic mass is 10.1. The minimum absolute atomic E-state index is 0.0462. The van der Waals surface area contributed by atoms with Crippen LogP contribution in [0.25, 0.3) is 0 Å². The monoisotopic (exact) mass is 395 g/mol. The molecule has 146 valence electrons. The number of rotatable bonds is 5. The molecular weight excluding hydrogens is 373 g/mol. The van der Waals surface area contributed by atoms with Crippen molar-refractivity contribution in [1.82, 2.24) is 15.1 Å². The fraction of sp³-hybridized carbons (Fsp3) is 0.421. The molecule has 0 unspecified atom stereocenters. The predicted octanol–water partition coefficient (Wildman–Crippen LogP) is 3.46. The number of halogens is 2. The number of morpholine rings is 1. The molecule has 1 aliphatic rings. The Morgan fingerprint density at radius 3 is 2.93 bits per heavy atom. The highest BCUT2D eigenvalue weighted by Crippen LogP contribution is 2.26. The van der Waals surface area contributed by atoms with Crippen molar-refractivity contribution in [2.24, 2.45) is 0 Å². The van der Waals surface area contributed by atoms with E-state index in [1.54, 1.807) is 23.3 Å². The van der Waals surface area contributed by atoms with E-state index >= 15 is 0 Å². The van der Waals surface area contributed by atoms with E-state index in [1.807, 2.05) is 31.1 Å². The fourth-order valence-electron chi connectivity index (χ4n) is 3.06. The molecule has 0 radical (unpaired) electrons. The van der Waals surface area contributed by atoms with Crippen LogP contribution in [0.3, 0.4) is 0 Å². The summed E-state index contributed by atoms with van der Waals surface area (Å²) in [5, 5.41) is 3.00. The fourth-order valence-corrected chi connectivity index (χ4v) is 3.25. The van der Waals surface area contributed by atoms with Crippen LogP contribution in [0.1, 0.15) is 23.5 Å². The smallest absolute Gasteiger partial charge is 0.317 e. The number of carbonyl (C=O) groups excluding carboxylic acids is 1. The second-order valence-corrected chi connectivity index (χ2v) is 7.07. The van der Waals surface area contributed by atoms with Gasteiger partial charge in [0.15, 0.2) is 0 Å². The first-order chi connectivity index (χ1) is 13.0. The molecule has 27 heavy (non-hydrogen) atoms. The van der Waals surface area contributed by atoms with Gasteiger partial charge in [-0.15, -0.1) is 0 Å². The zero-order valence-electron chi connectivity index (χ0n) is 15.3. The number of nitrogens with zero attached hydrogens (tertiary/aromatic N) is 2. The number of ether oxygens (including phenoxy) is 1. The predicted molar refractivity (Wildman–Crippen MR) is 100 cm³/mol. The molecule has 0 aliphatic carbocycles. The van der Waals surface area contributed by atoms with Crippen LogP contribution in [-0.2, 0) is 4.74 Å². The van der Waals surface area contributed by atoms with Gasteiger partial charge < -0.3 is 19.4 Å². The second-order valence-electron chi connectivity index (χ2n) is 6.66. The number of benzene rings is 1. The van der Waals surface area contributed by atoms with Crippen molar-refractivity contribution in [3.63, 3.8) is 0 Å². The number of likely N-dealkylation sites (N-methyl/N-ethyl adjacent to an activating group) is 1. The summed E-state index contributed by atoms with van der Waals surface area (Å²) in [5.41, 5.74) is 0.751. The third kappa shape index (κ3) is 4.80. The Bertz CT molecular complexity index is 770. The van der Waals surface area contributed by atoms with Crippen molar-refractivity contribution in [2.45, 2.75) is 12.1 Å². The molecular formula is C19H23ClFN3O3. The molecule has 2 amide bonds. The van der Waals surface area contributed by atoms with Crippen LogP contribution in [0, 0.1) is 5.82 Å². The van der Waals surface area contributed by atoms with Gasteiger partial charge in [0.1, 0.15) is 17.7 Å². The molecule has 8 heteroatoms. The lowest BCUT2D eigenvalue weighted by Gasteiger charge is -2.34.